The smallest absolute Gasteiger partial charge is 0.251 e. The van der Waals surface area contributed by atoms with E-state index in [0.29, 0.717) is 44.0 Å². The number of benzene rings is 2. The van der Waals surface area contributed by atoms with Gasteiger partial charge in [0.05, 0.1) is 46.6 Å². The Morgan fingerprint density at radius 3 is 2.51 bits per heavy atom. The number of nitrogens with zero attached hydrogens (tertiary/aromatic N) is 5. The molecule has 2 aromatic carbocycles. The van der Waals surface area contributed by atoms with Crippen molar-refractivity contribution < 1.29 is 4.39 Å². The zero-order valence-corrected chi connectivity index (χ0v) is 19.7. The monoisotopic (exact) mass is 483 g/mol. The molecule has 8 heteroatoms. The Labute approximate surface area is 205 Å². The fraction of sp³-hybridized carbons (Fsp3) is 0.111. The largest absolute Gasteiger partial charge is 0.334 e. The molecule has 3 heterocycles. The molecule has 0 spiro atoms. The van der Waals surface area contributed by atoms with E-state index >= 15 is 4.39 Å². The lowest BCUT2D eigenvalue weighted by Crippen LogP contribution is -2.28. The van der Waals surface area contributed by atoms with Crippen LogP contribution < -0.4 is 5.56 Å². The summed E-state index contributed by atoms with van der Waals surface area (Å²) in [5.41, 5.74) is 0.985. The topological polar surface area (TPSA) is 76.5 Å². The van der Waals surface area contributed by atoms with E-state index in [-0.39, 0.29) is 11.3 Å². The summed E-state index contributed by atoms with van der Waals surface area (Å²) in [7, 11) is 3.36. The fourth-order valence-corrected chi connectivity index (χ4v) is 4.42. The van der Waals surface area contributed by atoms with Crippen molar-refractivity contribution in [3.8, 4) is 17.2 Å². The maximum Gasteiger partial charge on any atom is 0.251 e. The second kappa shape index (κ2) is 8.49. The molecule has 0 bridgehead atoms. The Kier molecular flexibility index (Phi) is 5.46. The molecule has 172 valence electrons. The van der Waals surface area contributed by atoms with Gasteiger partial charge in [0.1, 0.15) is 0 Å². The van der Waals surface area contributed by atoms with Crippen LogP contribution >= 0.6 is 11.6 Å². The second-order valence-corrected chi connectivity index (χ2v) is 8.70. The Bertz CT molecular complexity index is 1680. The summed E-state index contributed by atoms with van der Waals surface area (Å²) in [5.74, 6) is 0. The number of pyridine rings is 2. The van der Waals surface area contributed by atoms with E-state index in [4.69, 9.17) is 16.6 Å². The van der Waals surface area contributed by atoms with Crippen LogP contribution in [0.3, 0.4) is 0 Å². The molecule has 0 aliphatic carbocycles. The number of alkyl halides is 1. The van der Waals surface area contributed by atoms with Crippen molar-refractivity contribution >= 4 is 22.6 Å². The summed E-state index contributed by atoms with van der Waals surface area (Å²) in [4.78, 5) is 21.6. The number of nitriles is 1. The Morgan fingerprint density at radius 2 is 1.83 bits per heavy atom. The third-order valence-corrected chi connectivity index (χ3v) is 6.41. The highest BCUT2D eigenvalue weighted by molar-refractivity contribution is 6.30. The molecule has 0 N–H and O–H groups in total. The number of hydrogen-bond acceptors (Lipinski definition) is 4. The minimum Gasteiger partial charge on any atom is -0.334 e. The first-order valence-electron chi connectivity index (χ1n) is 10.8. The van der Waals surface area contributed by atoms with E-state index in [1.165, 1.54) is 23.2 Å². The number of halogens is 2. The van der Waals surface area contributed by atoms with E-state index in [0.717, 1.165) is 0 Å². The van der Waals surface area contributed by atoms with Crippen LogP contribution in [0.1, 0.15) is 22.5 Å². The van der Waals surface area contributed by atoms with Crippen molar-refractivity contribution in [3.05, 3.63) is 117 Å². The van der Waals surface area contributed by atoms with Crippen LogP contribution in [-0.2, 0) is 19.8 Å². The maximum atomic E-state index is 17.3. The first kappa shape index (κ1) is 22.5. The highest BCUT2D eigenvalue weighted by Gasteiger charge is 2.41. The van der Waals surface area contributed by atoms with Gasteiger partial charge in [-0.05, 0) is 42.0 Å². The Morgan fingerprint density at radius 1 is 1.06 bits per heavy atom. The minimum absolute atomic E-state index is 0.132. The van der Waals surface area contributed by atoms with E-state index < -0.39 is 5.67 Å². The summed E-state index contributed by atoms with van der Waals surface area (Å²) in [6.07, 6.45) is 3.00. The number of aryl methyl sites for hydroxylation is 2. The number of hydrogen-bond donors (Lipinski definition) is 0. The normalized spacial score (nSPS) is 12.9. The van der Waals surface area contributed by atoms with Crippen LogP contribution in [0.25, 0.3) is 22.2 Å². The molecule has 0 saturated heterocycles. The van der Waals surface area contributed by atoms with Gasteiger partial charge in [-0.3, -0.25) is 4.79 Å². The quantitative estimate of drug-likeness (QED) is 0.355. The first-order valence-corrected chi connectivity index (χ1v) is 11.1. The number of fused-ring (bicyclic) bond motifs is 1. The average Bonchev–Trinajstić information content (AvgIpc) is 3.32. The summed E-state index contributed by atoms with van der Waals surface area (Å²) in [6.45, 7) is 0. The molecule has 5 aromatic rings. The van der Waals surface area contributed by atoms with Crippen molar-refractivity contribution in [2.45, 2.75) is 5.67 Å². The zero-order chi connectivity index (χ0) is 24.7. The highest BCUT2D eigenvalue weighted by atomic mass is 35.5. The van der Waals surface area contributed by atoms with E-state index in [1.807, 2.05) is 0 Å². The number of rotatable bonds is 4. The number of imidazole rings is 1. The number of aromatic nitrogens is 4. The average molecular weight is 484 g/mol. The van der Waals surface area contributed by atoms with Crippen LogP contribution in [0.5, 0.6) is 0 Å². The van der Waals surface area contributed by atoms with Crippen molar-refractivity contribution in [2.75, 3.05) is 0 Å². The van der Waals surface area contributed by atoms with E-state index in [9.17, 15) is 10.1 Å². The molecule has 6 nitrogen and oxygen atoms in total. The van der Waals surface area contributed by atoms with Gasteiger partial charge in [0.25, 0.3) is 5.56 Å². The SMILES string of the molecule is Cn1cncc1[C@@](F)(c1ccc(Cl)cc1)c1ccc2c(n1)c(-c1cccc(C#N)c1)cc(=O)n2C. The minimum atomic E-state index is -2.15. The molecule has 1 atom stereocenters. The van der Waals surface area contributed by atoms with Crippen LogP contribution in [0.4, 0.5) is 4.39 Å². The molecular formula is C27H19ClFN5O. The summed E-state index contributed by atoms with van der Waals surface area (Å²) in [5, 5.41) is 9.84. The molecule has 0 unspecified atom stereocenters. The molecule has 0 radical (unpaired) electrons. The molecule has 0 amide bonds. The van der Waals surface area contributed by atoms with Crippen molar-refractivity contribution in [1.82, 2.24) is 19.1 Å². The molecule has 0 saturated carbocycles. The van der Waals surface area contributed by atoms with Gasteiger partial charge in [0.15, 0.2) is 0 Å². The van der Waals surface area contributed by atoms with Crippen molar-refractivity contribution in [1.29, 1.82) is 5.26 Å². The highest BCUT2D eigenvalue weighted by Crippen LogP contribution is 2.41. The molecule has 0 aliphatic rings. The predicted molar refractivity (Wildman–Crippen MR) is 133 cm³/mol. The van der Waals surface area contributed by atoms with Crippen LogP contribution in [0, 0.1) is 11.3 Å². The Balaban J connectivity index is 1.84. The van der Waals surface area contributed by atoms with Gasteiger partial charge in [-0.25, -0.2) is 14.4 Å². The molecule has 0 fully saturated rings. The van der Waals surface area contributed by atoms with Crippen LogP contribution in [0.15, 0.2) is 84.0 Å². The lowest BCUT2D eigenvalue weighted by Gasteiger charge is -2.26. The fourth-order valence-electron chi connectivity index (χ4n) is 4.29. The maximum absolute atomic E-state index is 17.3. The van der Waals surface area contributed by atoms with Gasteiger partial charge < -0.3 is 9.13 Å². The van der Waals surface area contributed by atoms with E-state index in [2.05, 4.69) is 11.1 Å². The lowest BCUT2D eigenvalue weighted by atomic mass is 9.88. The van der Waals surface area contributed by atoms with Gasteiger partial charge in [0.2, 0.25) is 5.67 Å². The molecule has 5 rings (SSSR count). The molecule has 0 aliphatic heterocycles. The first-order chi connectivity index (χ1) is 16.8. The molecule has 35 heavy (non-hydrogen) atoms. The third-order valence-electron chi connectivity index (χ3n) is 6.16. The molecular weight excluding hydrogens is 465 g/mol. The predicted octanol–water partition coefficient (Wildman–Crippen LogP) is 5.12. The standard InChI is InChI=1S/C27H19ClFN5O/c1-33-16-31-15-24(33)27(29,19-6-8-20(28)9-7-19)23-11-10-22-26(32-23)21(13-25(35)34(22)2)18-5-3-4-17(12-18)14-30/h3-13,15-16H,1-2H3/t27-/m1/s1. The van der Waals surface area contributed by atoms with Gasteiger partial charge in [-0.2, -0.15) is 5.26 Å². The van der Waals surface area contributed by atoms with Crippen molar-refractivity contribution in [3.63, 3.8) is 0 Å². The summed E-state index contributed by atoms with van der Waals surface area (Å²) in [6, 6.07) is 20.3. The lowest BCUT2D eigenvalue weighted by molar-refractivity contribution is 0.260. The van der Waals surface area contributed by atoms with Crippen molar-refractivity contribution in [2.24, 2.45) is 14.1 Å². The van der Waals surface area contributed by atoms with Gasteiger partial charge in [-0.1, -0.05) is 35.9 Å². The Hall–Kier alpha value is -4.28. The van der Waals surface area contributed by atoms with Gasteiger partial charge in [0, 0.05) is 36.3 Å². The summed E-state index contributed by atoms with van der Waals surface area (Å²) < 4.78 is 20.4. The van der Waals surface area contributed by atoms with Crippen LogP contribution in [0.2, 0.25) is 5.02 Å². The zero-order valence-electron chi connectivity index (χ0n) is 18.9. The molecule has 3 aromatic heterocycles. The summed E-state index contributed by atoms with van der Waals surface area (Å²) >= 11 is 6.08. The second-order valence-electron chi connectivity index (χ2n) is 8.27. The van der Waals surface area contributed by atoms with Gasteiger partial charge in [-0.15, -0.1) is 0 Å². The van der Waals surface area contributed by atoms with E-state index in [1.54, 1.807) is 79.3 Å². The van der Waals surface area contributed by atoms with Crippen LogP contribution in [-0.4, -0.2) is 19.1 Å². The van der Waals surface area contributed by atoms with Gasteiger partial charge >= 0.3 is 0 Å². The third kappa shape index (κ3) is 3.69.